The van der Waals surface area contributed by atoms with E-state index in [0.29, 0.717) is 60.0 Å². The van der Waals surface area contributed by atoms with Crippen molar-refractivity contribution in [1.29, 1.82) is 0 Å². The van der Waals surface area contributed by atoms with Crippen LogP contribution in [0.25, 0.3) is 22.4 Å². The van der Waals surface area contributed by atoms with Gasteiger partial charge in [-0.25, -0.2) is 4.98 Å². The van der Waals surface area contributed by atoms with Crippen LogP contribution in [-0.2, 0) is 11.2 Å². The van der Waals surface area contributed by atoms with E-state index in [9.17, 15) is 4.79 Å². The highest BCUT2D eigenvalue weighted by atomic mass is 35.5. The van der Waals surface area contributed by atoms with E-state index in [4.69, 9.17) is 26.6 Å². The Kier molecular flexibility index (Phi) is 6.20. The number of pyridine rings is 1. The number of halogens is 1. The van der Waals surface area contributed by atoms with Crippen molar-refractivity contribution in [3.63, 3.8) is 0 Å². The second-order valence-electron chi connectivity index (χ2n) is 7.69. The number of nitrogens with one attached hydrogen (secondary N) is 1. The number of nitrogens with zero attached hydrogens (tertiary/aromatic N) is 2. The van der Waals surface area contributed by atoms with E-state index in [0.717, 1.165) is 17.5 Å². The van der Waals surface area contributed by atoms with Crippen molar-refractivity contribution in [1.82, 2.24) is 15.0 Å². The number of hydrogen-bond acceptors (Lipinski definition) is 5. The molecule has 1 aliphatic carbocycles. The summed E-state index contributed by atoms with van der Waals surface area (Å²) in [6.45, 7) is 0.156. The number of aliphatic carboxylic acids is 1. The molecule has 2 heterocycles. The van der Waals surface area contributed by atoms with Gasteiger partial charge in [-0.1, -0.05) is 29.8 Å². The fourth-order valence-corrected chi connectivity index (χ4v) is 4.16. The molecular weight excluding hydrogens is 406 g/mol. The Bertz CT molecular complexity index is 1040. The number of hydrogen-bond donors (Lipinski definition) is 3. The van der Waals surface area contributed by atoms with Gasteiger partial charge in [0.15, 0.2) is 5.65 Å². The van der Waals surface area contributed by atoms with E-state index < -0.39 is 5.97 Å². The molecule has 0 aliphatic heterocycles. The van der Waals surface area contributed by atoms with Gasteiger partial charge in [0.05, 0.1) is 22.2 Å². The summed E-state index contributed by atoms with van der Waals surface area (Å²) in [4.78, 5) is 23.3. The maximum absolute atomic E-state index is 11.1. The number of aryl methyl sites for hydroxylation is 1. The zero-order valence-electron chi connectivity index (χ0n) is 16.5. The Hall–Kier alpha value is -2.64. The van der Waals surface area contributed by atoms with Crippen LogP contribution in [0.4, 0.5) is 0 Å². The van der Waals surface area contributed by atoms with Crippen molar-refractivity contribution in [2.45, 2.75) is 44.6 Å². The Morgan fingerprint density at radius 3 is 2.73 bits per heavy atom. The van der Waals surface area contributed by atoms with Crippen LogP contribution in [0.3, 0.4) is 0 Å². The highest BCUT2D eigenvalue weighted by Crippen LogP contribution is 2.31. The summed E-state index contributed by atoms with van der Waals surface area (Å²) in [7, 11) is 0. The minimum absolute atomic E-state index is 0.0562. The first-order chi connectivity index (χ1) is 14.5. The number of ether oxygens (including phenoxy) is 1. The Balaban J connectivity index is 1.53. The topological polar surface area (TPSA) is 108 Å². The second-order valence-corrected chi connectivity index (χ2v) is 8.10. The summed E-state index contributed by atoms with van der Waals surface area (Å²) in [5, 5.41) is 18.7. The molecule has 0 amide bonds. The molecule has 0 radical (unpaired) electrons. The molecule has 1 aromatic carbocycles. The number of aliphatic hydroxyl groups excluding tert-OH is 1. The predicted molar refractivity (Wildman–Crippen MR) is 114 cm³/mol. The third kappa shape index (κ3) is 4.57. The second kappa shape index (κ2) is 9.02. The number of aromatic amines is 1. The van der Waals surface area contributed by atoms with Crippen molar-refractivity contribution >= 4 is 28.7 Å². The number of benzene rings is 1. The van der Waals surface area contributed by atoms with Gasteiger partial charge in [0.1, 0.15) is 6.10 Å². The highest BCUT2D eigenvalue weighted by molar-refractivity contribution is 6.33. The lowest BCUT2D eigenvalue weighted by Gasteiger charge is -2.25. The van der Waals surface area contributed by atoms with Crippen LogP contribution in [0.15, 0.2) is 30.3 Å². The number of H-pyrrole nitrogens is 1. The van der Waals surface area contributed by atoms with Crippen LogP contribution in [0.5, 0.6) is 6.01 Å². The molecule has 1 fully saturated rings. The van der Waals surface area contributed by atoms with Gasteiger partial charge in [0.2, 0.25) is 0 Å². The summed E-state index contributed by atoms with van der Waals surface area (Å²) >= 11 is 6.49. The van der Waals surface area contributed by atoms with E-state index in [1.807, 2.05) is 24.3 Å². The average molecular weight is 430 g/mol. The molecule has 30 heavy (non-hydrogen) atoms. The first kappa shape index (κ1) is 20.6. The molecule has 3 N–H and O–H groups in total. The van der Waals surface area contributed by atoms with Gasteiger partial charge in [-0.05, 0) is 56.2 Å². The van der Waals surface area contributed by atoms with Crippen LogP contribution in [0.2, 0.25) is 5.02 Å². The largest absolute Gasteiger partial charge is 0.481 e. The monoisotopic (exact) mass is 429 g/mol. The van der Waals surface area contributed by atoms with Crippen LogP contribution >= 0.6 is 11.6 Å². The maximum atomic E-state index is 11.1. The molecule has 0 unspecified atom stereocenters. The lowest BCUT2D eigenvalue weighted by Crippen LogP contribution is -2.28. The van der Waals surface area contributed by atoms with E-state index in [1.165, 1.54) is 0 Å². The third-order valence-corrected chi connectivity index (χ3v) is 5.82. The van der Waals surface area contributed by atoms with Gasteiger partial charge >= 0.3 is 5.97 Å². The molecule has 0 saturated heterocycles. The summed E-state index contributed by atoms with van der Waals surface area (Å²) in [5.74, 6) is -1.01. The lowest BCUT2D eigenvalue weighted by atomic mass is 9.87. The van der Waals surface area contributed by atoms with Gasteiger partial charge in [-0.15, -0.1) is 0 Å². The van der Waals surface area contributed by atoms with Crippen molar-refractivity contribution in [2.24, 2.45) is 5.92 Å². The number of aromatic nitrogens is 3. The van der Waals surface area contributed by atoms with Gasteiger partial charge in [0, 0.05) is 12.2 Å². The van der Waals surface area contributed by atoms with Crippen LogP contribution in [-0.4, -0.2) is 43.8 Å². The first-order valence-electron chi connectivity index (χ1n) is 10.2. The van der Waals surface area contributed by atoms with Crippen LogP contribution in [0, 0.1) is 5.92 Å². The molecule has 1 aliphatic rings. The normalized spacial score (nSPS) is 19.1. The van der Waals surface area contributed by atoms with E-state index in [1.54, 1.807) is 6.07 Å². The number of carboxylic acids is 1. The summed E-state index contributed by atoms with van der Waals surface area (Å²) < 4.78 is 5.95. The minimum Gasteiger partial charge on any atom is -0.481 e. The minimum atomic E-state index is -0.732. The molecule has 1 saturated carbocycles. The SMILES string of the molecule is O=C(O)C1CCC(Oc2nc3nc(-c4cccc(CCCO)c4)c(Cl)cc3[nH]2)CC1. The number of carboxylic acid groups (broad SMARTS) is 1. The quantitative estimate of drug-likeness (QED) is 0.518. The summed E-state index contributed by atoms with van der Waals surface area (Å²) in [6, 6.07) is 10.1. The van der Waals surface area contributed by atoms with Gasteiger partial charge < -0.3 is 19.9 Å². The summed E-state index contributed by atoms with van der Waals surface area (Å²) in [5.41, 5.74) is 3.87. The molecule has 8 heteroatoms. The van der Waals surface area contributed by atoms with Gasteiger partial charge in [-0.3, -0.25) is 4.79 Å². The number of carbonyl (C=O) groups is 1. The zero-order chi connectivity index (χ0) is 21.1. The molecule has 4 rings (SSSR count). The van der Waals surface area contributed by atoms with Gasteiger partial charge in [0.25, 0.3) is 6.01 Å². The van der Waals surface area contributed by atoms with Crippen LogP contribution < -0.4 is 4.74 Å². The number of aliphatic hydroxyl groups is 1. The average Bonchev–Trinajstić information content (AvgIpc) is 3.13. The molecule has 0 atom stereocenters. The van der Waals surface area contributed by atoms with Gasteiger partial charge in [-0.2, -0.15) is 4.98 Å². The number of imidazole rings is 1. The van der Waals surface area contributed by atoms with E-state index in [2.05, 4.69) is 15.0 Å². The molecular formula is C22H24ClN3O4. The molecule has 2 aromatic heterocycles. The van der Waals surface area contributed by atoms with E-state index >= 15 is 0 Å². The Morgan fingerprint density at radius 1 is 1.20 bits per heavy atom. The van der Waals surface area contributed by atoms with Crippen molar-refractivity contribution in [2.75, 3.05) is 6.61 Å². The summed E-state index contributed by atoms with van der Waals surface area (Å²) in [6.07, 6.45) is 4.04. The maximum Gasteiger partial charge on any atom is 0.306 e. The standard InChI is InChI=1S/C22H24ClN3O4/c23-17-12-18-20(25-19(17)15-5-1-3-13(11-15)4-2-10-27)26-22(24-18)30-16-8-6-14(7-9-16)21(28)29/h1,3,5,11-12,14,16,27H,2,4,6-10H2,(H,28,29)(H,24,25,26). The Morgan fingerprint density at radius 2 is 2.00 bits per heavy atom. The smallest absolute Gasteiger partial charge is 0.306 e. The molecule has 7 nitrogen and oxygen atoms in total. The lowest BCUT2D eigenvalue weighted by molar-refractivity contribution is -0.143. The van der Waals surface area contributed by atoms with Crippen molar-refractivity contribution in [3.05, 3.63) is 40.9 Å². The van der Waals surface area contributed by atoms with Crippen molar-refractivity contribution < 1.29 is 19.7 Å². The predicted octanol–water partition coefficient (Wildman–Crippen LogP) is 4.23. The molecule has 0 bridgehead atoms. The molecule has 0 spiro atoms. The first-order valence-corrected chi connectivity index (χ1v) is 10.6. The number of rotatable bonds is 7. The Labute approximate surface area is 179 Å². The highest BCUT2D eigenvalue weighted by Gasteiger charge is 2.27. The third-order valence-electron chi connectivity index (χ3n) is 5.53. The van der Waals surface area contributed by atoms with Crippen molar-refractivity contribution in [3.8, 4) is 17.3 Å². The number of fused-ring (bicyclic) bond motifs is 1. The molecule has 158 valence electrons. The van der Waals surface area contributed by atoms with Crippen LogP contribution in [0.1, 0.15) is 37.7 Å². The fraction of sp³-hybridized carbons (Fsp3) is 0.409. The zero-order valence-corrected chi connectivity index (χ0v) is 17.2. The fourth-order valence-electron chi connectivity index (χ4n) is 3.90. The van der Waals surface area contributed by atoms with E-state index in [-0.39, 0.29) is 18.6 Å². The molecule has 3 aromatic rings.